The Morgan fingerprint density at radius 3 is 2.50 bits per heavy atom. The van der Waals surface area contributed by atoms with Gasteiger partial charge in [0, 0.05) is 34.1 Å². The molecule has 0 atom stereocenters. The predicted octanol–water partition coefficient (Wildman–Crippen LogP) is 4.39. The number of aryl methyl sites for hydroxylation is 2. The number of ketones is 1. The predicted molar refractivity (Wildman–Crippen MR) is 117 cm³/mol. The Kier molecular flexibility index (Phi) is 4.99. The van der Waals surface area contributed by atoms with Gasteiger partial charge in [0.15, 0.2) is 5.78 Å². The summed E-state index contributed by atoms with van der Waals surface area (Å²) >= 11 is 0. The van der Waals surface area contributed by atoms with Crippen molar-refractivity contribution in [3.05, 3.63) is 82.0 Å². The molecule has 6 heteroatoms. The fraction of sp³-hybridized carbons (Fsp3) is 0.208. The molecule has 2 aromatic heterocycles. The van der Waals surface area contributed by atoms with E-state index in [9.17, 15) is 9.59 Å². The maximum absolute atomic E-state index is 13.4. The van der Waals surface area contributed by atoms with E-state index in [0.29, 0.717) is 23.2 Å². The second kappa shape index (κ2) is 7.63. The number of fused-ring (bicyclic) bond motifs is 1. The Labute approximate surface area is 174 Å². The first kappa shape index (κ1) is 19.6. The lowest BCUT2D eigenvalue weighted by Gasteiger charge is -2.11. The lowest BCUT2D eigenvalue weighted by atomic mass is 10.1. The molecule has 6 nitrogen and oxygen atoms in total. The highest BCUT2D eigenvalue weighted by Crippen LogP contribution is 2.28. The van der Waals surface area contributed by atoms with E-state index in [4.69, 9.17) is 4.74 Å². The zero-order valence-electron chi connectivity index (χ0n) is 17.5. The van der Waals surface area contributed by atoms with Gasteiger partial charge in [-0.3, -0.25) is 9.59 Å². The van der Waals surface area contributed by atoms with E-state index < -0.39 is 0 Å². The molecule has 0 aliphatic heterocycles. The molecule has 0 amide bonds. The van der Waals surface area contributed by atoms with Gasteiger partial charge in [-0.05, 0) is 52.0 Å². The van der Waals surface area contributed by atoms with Crippen LogP contribution in [0.4, 0.5) is 0 Å². The number of hydrogen-bond acceptors (Lipinski definition) is 4. The van der Waals surface area contributed by atoms with Crippen molar-refractivity contribution in [2.75, 3.05) is 6.61 Å². The van der Waals surface area contributed by atoms with E-state index in [2.05, 4.69) is 5.10 Å². The summed E-state index contributed by atoms with van der Waals surface area (Å²) in [5.41, 5.74) is 3.59. The number of carbonyl (C=O) groups is 1. The van der Waals surface area contributed by atoms with Crippen LogP contribution in [0.25, 0.3) is 22.1 Å². The van der Waals surface area contributed by atoms with Crippen molar-refractivity contribution >= 4 is 16.6 Å². The molecule has 0 spiro atoms. The summed E-state index contributed by atoms with van der Waals surface area (Å²) in [4.78, 5) is 25.1. The molecule has 2 aromatic carbocycles. The molecule has 0 bridgehead atoms. The first-order valence-electron chi connectivity index (χ1n) is 9.87. The average Bonchev–Trinajstić information content (AvgIpc) is 2.99. The molecule has 0 saturated carbocycles. The van der Waals surface area contributed by atoms with Gasteiger partial charge < -0.3 is 9.30 Å². The summed E-state index contributed by atoms with van der Waals surface area (Å²) in [6.07, 6.45) is 1.71. The van der Waals surface area contributed by atoms with Crippen LogP contribution in [-0.2, 0) is 0 Å². The number of hydrogen-bond donors (Lipinski definition) is 0. The maximum Gasteiger partial charge on any atom is 0.281 e. The summed E-state index contributed by atoms with van der Waals surface area (Å²) < 4.78 is 9.03. The number of nitrogens with zero attached hydrogens (tertiary/aromatic N) is 3. The first-order valence-corrected chi connectivity index (χ1v) is 9.87. The topological polar surface area (TPSA) is 66.1 Å². The Hall–Kier alpha value is -3.67. The van der Waals surface area contributed by atoms with Crippen LogP contribution in [0.3, 0.4) is 0 Å². The van der Waals surface area contributed by atoms with Crippen molar-refractivity contribution in [1.29, 1.82) is 0 Å². The van der Waals surface area contributed by atoms with Crippen molar-refractivity contribution in [2.45, 2.75) is 27.7 Å². The number of carbonyl (C=O) groups excluding carboxylic acids is 1. The molecular formula is C24H23N3O3. The molecular weight excluding hydrogens is 378 g/mol. The van der Waals surface area contributed by atoms with Crippen LogP contribution in [0.15, 0.2) is 59.5 Å². The largest absolute Gasteiger partial charge is 0.494 e. The van der Waals surface area contributed by atoms with Gasteiger partial charge in [-0.25, -0.2) is 0 Å². The number of benzene rings is 2. The smallest absolute Gasteiger partial charge is 0.281 e. The molecule has 4 rings (SSSR count). The minimum Gasteiger partial charge on any atom is -0.494 e. The van der Waals surface area contributed by atoms with Crippen LogP contribution in [0.5, 0.6) is 5.75 Å². The number of Topliss-reactive ketones (excluding diaryl/α,β-unsaturated/α-hetero) is 1. The Morgan fingerprint density at radius 1 is 1.03 bits per heavy atom. The molecule has 0 aliphatic rings. The summed E-state index contributed by atoms with van der Waals surface area (Å²) in [5.74, 6) is 0.724. The third kappa shape index (κ3) is 3.20. The second-order valence-corrected chi connectivity index (χ2v) is 7.19. The zero-order valence-corrected chi connectivity index (χ0v) is 17.5. The van der Waals surface area contributed by atoms with E-state index in [1.54, 1.807) is 30.5 Å². The minimum absolute atomic E-state index is 0.0571. The van der Waals surface area contributed by atoms with Crippen LogP contribution in [0, 0.1) is 13.8 Å². The average molecular weight is 401 g/mol. The first-order chi connectivity index (χ1) is 14.4. The molecule has 4 aromatic rings. The van der Waals surface area contributed by atoms with E-state index in [-0.39, 0.29) is 11.3 Å². The molecule has 0 fully saturated rings. The lowest BCUT2D eigenvalue weighted by Crippen LogP contribution is -2.21. The van der Waals surface area contributed by atoms with Gasteiger partial charge in [0.05, 0.1) is 23.9 Å². The maximum atomic E-state index is 13.4. The van der Waals surface area contributed by atoms with Gasteiger partial charge in [-0.15, -0.1) is 0 Å². The van der Waals surface area contributed by atoms with Gasteiger partial charge in [0.25, 0.3) is 5.56 Å². The van der Waals surface area contributed by atoms with Crippen LogP contribution in [0.2, 0.25) is 0 Å². The molecule has 0 aliphatic carbocycles. The van der Waals surface area contributed by atoms with Crippen molar-refractivity contribution in [3.8, 4) is 17.1 Å². The van der Waals surface area contributed by atoms with Gasteiger partial charge in [0.2, 0.25) is 0 Å². The minimum atomic E-state index is -0.214. The third-order valence-corrected chi connectivity index (χ3v) is 5.28. The summed E-state index contributed by atoms with van der Waals surface area (Å²) in [5, 5.41) is 5.80. The molecule has 152 valence electrons. The Bertz CT molecular complexity index is 1330. The standard InChI is InChI=1S/C24H23N3O3/c1-5-30-21-11-7-9-19(13-21)26-15(2)22-14-25-27(24(29)23(22)16(26)3)20-10-6-8-18(12-20)17(4)28/h6-14H,5H2,1-4H3. The highest BCUT2D eigenvalue weighted by atomic mass is 16.5. The van der Waals surface area contributed by atoms with Crippen LogP contribution in [-0.4, -0.2) is 26.7 Å². The third-order valence-electron chi connectivity index (χ3n) is 5.28. The summed E-state index contributed by atoms with van der Waals surface area (Å²) in [6.45, 7) is 7.94. The highest BCUT2D eigenvalue weighted by Gasteiger charge is 2.18. The van der Waals surface area contributed by atoms with E-state index >= 15 is 0 Å². The summed E-state index contributed by atoms with van der Waals surface area (Å²) in [6, 6.07) is 14.8. The SMILES string of the molecule is CCOc1cccc(-n2c(C)c3cnn(-c4cccc(C(C)=O)c4)c(=O)c3c2C)c1. The molecule has 30 heavy (non-hydrogen) atoms. The van der Waals surface area contributed by atoms with E-state index in [1.165, 1.54) is 11.6 Å². The quantitative estimate of drug-likeness (QED) is 0.465. The summed E-state index contributed by atoms with van der Waals surface area (Å²) in [7, 11) is 0. The van der Waals surface area contributed by atoms with Crippen LogP contribution >= 0.6 is 0 Å². The van der Waals surface area contributed by atoms with Gasteiger partial charge in [-0.2, -0.15) is 9.78 Å². The lowest BCUT2D eigenvalue weighted by molar-refractivity contribution is 0.101. The number of rotatable bonds is 5. The van der Waals surface area contributed by atoms with Crippen molar-refractivity contribution in [2.24, 2.45) is 0 Å². The van der Waals surface area contributed by atoms with Gasteiger partial charge >= 0.3 is 0 Å². The number of aromatic nitrogens is 3. The Balaban J connectivity index is 1.93. The Morgan fingerprint density at radius 2 is 1.77 bits per heavy atom. The van der Waals surface area contributed by atoms with Crippen LogP contribution in [0.1, 0.15) is 35.6 Å². The number of ether oxygens (including phenoxy) is 1. The van der Waals surface area contributed by atoms with E-state index in [0.717, 1.165) is 28.2 Å². The van der Waals surface area contributed by atoms with Gasteiger partial charge in [-0.1, -0.05) is 18.2 Å². The molecule has 0 saturated heterocycles. The van der Waals surface area contributed by atoms with Crippen molar-refractivity contribution in [3.63, 3.8) is 0 Å². The van der Waals surface area contributed by atoms with Crippen LogP contribution < -0.4 is 10.3 Å². The molecule has 0 unspecified atom stereocenters. The van der Waals surface area contributed by atoms with Gasteiger partial charge in [0.1, 0.15) is 5.75 Å². The van der Waals surface area contributed by atoms with E-state index in [1.807, 2.05) is 49.6 Å². The molecule has 2 heterocycles. The highest BCUT2D eigenvalue weighted by molar-refractivity contribution is 5.94. The second-order valence-electron chi connectivity index (χ2n) is 7.19. The molecule has 0 N–H and O–H groups in total. The fourth-order valence-electron chi connectivity index (χ4n) is 3.87. The fourth-order valence-corrected chi connectivity index (χ4v) is 3.87. The molecule has 0 radical (unpaired) electrons. The van der Waals surface area contributed by atoms with Crippen molar-refractivity contribution < 1.29 is 9.53 Å². The monoisotopic (exact) mass is 401 g/mol. The zero-order chi connectivity index (χ0) is 21.4. The normalized spacial score (nSPS) is 11.1. The van der Waals surface area contributed by atoms with Crippen molar-refractivity contribution in [1.82, 2.24) is 14.3 Å².